The molecule has 2 heterocycles. The predicted molar refractivity (Wildman–Crippen MR) is 123 cm³/mol. The Balaban J connectivity index is 1.23. The summed E-state index contributed by atoms with van der Waals surface area (Å²) in [6.07, 6.45) is 1.45. The number of ether oxygens (including phenoxy) is 2. The van der Waals surface area contributed by atoms with Gasteiger partial charge in [-0.05, 0) is 48.5 Å². The Bertz CT molecular complexity index is 1230. The number of thioether (sulfide) groups is 1. The summed E-state index contributed by atoms with van der Waals surface area (Å²) >= 11 is 1.36. The second-order valence-electron chi connectivity index (χ2n) is 6.79. The first-order valence-corrected chi connectivity index (χ1v) is 10.8. The van der Waals surface area contributed by atoms with Gasteiger partial charge >= 0.3 is 0 Å². The fourth-order valence-corrected chi connectivity index (χ4v) is 3.73. The lowest BCUT2D eigenvalue weighted by atomic mass is 10.3. The van der Waals surface area contributed by atoms with Crippen molar-refractivity contribution in [3.63, 3.8) is 0 Å². The summed E-state index contributed by atoms with van der Waals surface area (Å²) in [5.74, 6) is 2.61. The van der Waals surface area contributed by atoms with Crippen molar-refractivity contribution in [3.8, 4) is 11.5 Å². The van der Waals surface area contributed by atoms with Crippen molar-refractivity contribution >= 4 is 34.9 Å². The number of hydrazone groups is 1. The lowest BCUT2D eigenvalue weighted by Crippen LogP contribution is -2.19. The molecule has 0 atom stereocenters. The van der Waals surface area contributed by atoms with Crippen molar-refractivity contribution < 1.29 is 18.7 Å². The maximum absolute atomic E-state index is 12.1. The van der Waals surface area contributed by atoms with Gasteiger partial charge in [0.15, 0.2) is 5.16 Å². The zero-order chi connectivity index (χ0) is 22.3. The highest BCUT2D eigenvalue weighted by Gasteiger charge is 2.10. The first-order valence-electron chi connectivity index (χ1n) is 9.84. The van der Waals surface area contributed by atoms with E-state index in [2.05, 4.69) is 15.5 Å². The highest BCUT2D eigenvalue weighted by atomic mass is 32.2. The Kier molecular flexibility index (Phi) is 6.76. The molecule has 1 N–H and O–H groups in total. The van der Waals surface area contributed by atoms with E-state index in [9.17, 15) is 4.79 Å². The zero-order valence-electron chi connectivity index (χ0n) is 17.6. The van der Waals surface area contributed by atoms with E-state index < -0.39 is 0 Å². The number of benzene rings is 2. The molecule has 0 bridgehead atoms. The average molecular weight is 451 g/mol. The number of aryl methyl sites for hydroxylation is 1. The van der Waals surface area contributed by atoms with Gasteiger partial charge in [0.25, 0.3) is 5.91 Å². The van der Waals surface area contributed by atoms with Crippen LogP contribution in [-0.4, -0.2) is 34.5 Å². The van der Waals surface area contributed by atoms with Gasteiger partial charge in [-0.2, -0.15) is 5.10 Å². The first-order chi connectivity index (χ1) is 15.6. The van der Waals surface area contributed by atoms with Crippen LogP contribution in [0.25, 0.3) is 11.0 Å². The van der Waals surface area contributed by atoms with Gasteiger partial charge in [-0.3, -0.25) is 4.79 Å². The quantitative estimate of drug-likeness (QED) is 0.236. The Labute approximate surface area is 189 Å². The van der Waals surface area contributed by atoms with Crippen LogP contribution >= 0.6 is 11.8 Å². The summed E-state index contributed by atoms with van der Waals surface area (Å²) in [5.41, 5.74) is 4.43. The van der Waals surface area contributed by atoms with Crippen molar-refractivity contribution in [2.45, 2.75) is 11.8 Å². The molecule has 9 heteroatoms. The number of imidazole rings is 1. The van der Waals surface area contributed by atoms with E-state index in [1.807, 2.05) is 60.1 Å². The minimum Gasteiger partial charge on any atom is -0.497 e. The van der Waals surface area contributed by atoms with Gasteiger partial charge in [0, 0.05) is 7.05 Å². The van der Waals surface area contributed by atoms with Crippen molar-refractivity contribution in [1.29, 1.82) is 0 Å². The highest BCUT2D eigenvalue weighted by Crippen LogP contribution is 2.22. The number of fused-ring (bicyclic) bond motifs is 1. The Hall–Kier alpha value is -3.72. The summed E-state index contributed by atoms with van der Waals surface area (Å²) in [5, 5.41) is 4.73. The Morgan fingerprint density at radius 1 is 1.16 bits per heavy atom. The van der Waals surface area contributed by atoms with Gasteiger partial charge in [0.1, 0.15) is 29.6 Å². The SMILES string of the molecule is COc1ccc(OCc2ccc(/C=N\NC(=O)CSc3nc4ccccc4n3C)o2)cc1. The molecule has 32 heavy (non-hydrogen) atoms. The summed E-state index contributed by atoms with van der Waals surface area (Å²) in [7, 11) is 3.55. The molecule has 0 spiro atoms. The number of rotatable bonds is 9. The molecule has 4 rings (SSSR count). The van der Waals surface area contributed by atoms with Crippen LogP contribution in [0.1, 0.15) is 11.5 Å². The lowest BCUT2D eigenvalue weighted by Gasteiger charge is -2.05. The first kappa shape index (κ1) is 21.5. The minimum absolute atomic E-state index is 0.202. The lowest BCUT2D eigenvalue weighted by molar-refractivity contribution is -0.118. The highest BCUT2D eigenvalue weighted by molar-refractivity contribution is 7.99. The molecule has 0 saturated carbocycles. The second kappa shape index (κ2) is 10.1. The average Bonchev–Trinajstić information content (AvgIpc) is 3.41. The molecule has 2 aromatic heterocycles. The number of methoxy groups -OCH3 is 1. The largest absolute Gasteiger partial charge is 0.497 e. The van der Waals surface area contributed by atoms with Crippen LogP contribution in [0.5, 0.6) is 11.5 Å². The van der Waals surface area contributed by atoms with Gasteiger partial charge in [0.2, 0.25) is 0 Å². The van der Waals surface area contributed by atoms with Crippen LogP contribution < -0.4 is 14.9 Å². The van der Waals surface area contributed by atoms with Crippen LogP contribution in [0.15, 0.2) is 75.3 Å². The van der Waals surface area contributed by atoms with E-state index in [-0.39, 0.29) is 18.3 Å². The maximum atomic E-state index is 12.1. The van der Waals surface area contributed by atoms with Crippen LogP contribution in [0.2, 0.25) is 0 Å². The fourth-order valence-electron chi connectivity index (χ4n) is 2.95. The minimum atomic E-state index is -0.229. The maximum Gasteiger partial charge on any atom is 0.250 e. The van der Waals surface area contributed by atoms with Gasteiger partial charge in [0.05, 0.1) is 30.1 Å². The number of nitrogens with one attached hydrogen (secondary N) is 1. The van der Waals surface area contributed by atoms with Gasteiger partial charge in [-0.15, -0.1) is 0 Å². The number of para-hydroxylation sites is 2. The second-order valence-corrected chi connectivity index (χ2v) is 7.73. The van der Waals surface area contributed by atoms with E-state index in [0.29, 0.717) is 17.3 Å². The van der Waals surface area contributed by atoms with Crippen LogP contribution in [-0.2, 0) is 18.4 Å². The summed E-state index contributed by atoms with van der Waals surface area (Å²) in [6, 6.07) is 18.7. The molecule has 4 aromatic rings. The topological polar surface area (TPSA) is 90.9 Å². The number of furan rings is 1. The van der Waals surface area contributed by atoms with E-state index in [1.165, 1.54) is 18.0 Å². The van der Waals surface area contributed by atoms with Crippen LogP contribution in [0.4, 0.5) is 0 Å². The third kappa shape index (κ3) is 5.30. The molecule has 0 aliphatic heterocycles. The monoisotopic (exact) mass is 450 g/mol. The molecule has 8 nitrogen and oxygen atoms in total. The molecule has 0 unspecified atom stereocenters. The van der Waals surface area contributed by atoms with E-state index >= 15 is 0 Å². The Morgan fingerprint density at radius 3 is 2.72 bits per heavy atom. The normalized spacial score (nSPS) is 11.2. The van der Waals surface area contributed by atoms with Crippen molar-refractivity contribution in [3.05, 3.63) is 72.2 Å². The standard InChI is InChI=1S/C23H22N4O4S/c1-27-21-6-4-3-5-20(21)25-23(27)32-15-22(28)26-24-13-18-11-12-19(31-18)14-30-17-9-7-16(29-2)8-10-17/h3-13H,14-15H2,1-2H3,(H,26,28)/b24-13-. The molecular formula is C23H22N4O4S. The Morgan fingerprint density at radius 2 is 1.94 bits per heavy atom. The number of nitrogens with zero attached hydrogens (tertiary/aromatic N) is 3. The molecule has 0 aliphatic carbocycles. The van der Waals surface area contributed by atoms with Crippen LogP contribution in [0, 0.1) is 0 Å². The summed E-state index contributed by atoms with van der Waals surface area (Å²) in [6.45, 7) is 0.279. The molecule has 164 valence electrons. The number of carbonyl (C=O) groups excluding carboxylic acids is 1. The smallest absolute Gasteiger partial charge is 0.250 e. The molecule has 1 amide bonds. The summed E-state index contributed by atoms with van der Waals surface area (Å²) in [4.78, 5) is 16.6. The number of amides is 1. The third-order valence-corrected chi connectivity index (χ3v) is 5.61. The molecule has 0 saturated heterocycles. The van der Waals surface area contributed by atoms with Crippen molar-refractivity contribution in [2.75, 3.05) is 12.9 Å². The van der Waals surface area contributed by atoms with Crippen molar-refractivity contribution in [2.24, 2.45) is 12.1 Å². The van der Waals surface area contributed by atoms with E-state index in [4.69, 9.17) is 13.9 Å². The van der Waals surface area contributed by atoms with Crippen molar-refractivity contribution in [1.82, 2.24) is 15.0 Å². The zero-order valence-corrected chi connectivity index (χ0v) is 18.5. The van der Waals surface area contributed by atoms with Gasteiger partial charge in [-0.1, -0.05) is 23.9 Å². The summed E-state index contributed by atoms with van der Waals surface area (Å²) < 4.78 is 18.4. The molecular weight excluding hydrogens is 428 g/mol. The number of hydrogen-bond acceptors (Lipinski definition) is 7. The van der Waals surface area contributed by atoms with E-state index in [0.717, 1.165) is 21.9 Å². The number of hydrogen-bond donors (Lipinski definition) is 1. The van der Waals surface area contributed by atoms with E-state index in [1.54, 1.807) is 19.2 Å². The van der Waals surface area contributed by atoms with Crippen LogP contribution in [0.3, 0.4) is 0 Å². The predicted octanol–water partition coefficient (Wildman–Crippen LogP) is 4.00. The molecule has 2 aromatic carbocycles. The number of carbonyl (C=O) groups is 1. The number of aromatic nitrogens is 2. The third-order valence-electron chi connectivity index (χ3n) is 4.58. The fraction of sp³-hybridized carbons (Fsp3) is 0.174. The molecule has 0 aliphatic rings. The molecule has 0 fully saturated rings. The molecule has 0 radical (unpaired) electrons. The van der Waals surface area contributed by atoms with Gasteiger partial charge < -0.3 is 18.5 Å². The van der Waals surface area contributed by atoms with Gasteiger partial charge in [-0.25, -0.2) is 10.4 Å².